The number of morpholine rings is 2. The van der Waals surface area contributed by atoms with E-state index in [2.05, 4.69) is 49.2 Å². The largest absolute Gasteiger partial charge is 0.482 e. The number of nitrogens with one attached hydrogen (secondary N) is 5. The van der Waals surface area contributed by atoms with Gasteiger partial charge in [0.2, 0.25) is 26.0 Å². The number of hydrogen-bond donors (Lipinski definition) is 5. The highest BCUT2D eigenvalue weighted by Gasteiger charge is 2.34. The van der Waals surface area contributed by atoms with Crippen LogP contribution in [0.2, 0.25) is 0 Å². The van der Waals surface area contributed by atoms with Gasteiger partial charge in [-0.1, -0.05) is 72.8 Å². The van der Waals surface area contributed by atoms with E-state index in [1.807, 2.05) is 84.2 Å². The van der Waals surface area contributed by atoms with Gasteiger partial charge in [0, 0.05) is 134 Å². The van der Waals surface area contributed by atoms with Crippen LogP contribution in [-0.2, 0) is 59.3 Å². The molecule has 28 heteroatoms. The Balaban J connectivity index is 0.000000146. The molecular formula is C68H76ClN9O13S5. The van der Waals surface area contributed by atoms with Gasteiger partial charge >= 0.3 is 0 Å². The van der Waals surface area contributed by atoms with Crippen molar-refractivity contribution in [3.05, 3.63) is 158 Å². The molecule has 0 atom stereocenters. The summed E-state index contributed by atoms with van der Waals surface area (Å²) in [5.41, 5.74) is 13.8. The minimum atomic E-state index is -3.69. The molecule has 5 aliphatic heterocycles. The Hall–Kier alpha value is -7.80. The summed E-state index contributed by atoms with van der Waals surface area (Å²) in [6, 6.07) is 32.0. The van der Waals surface area contributed by atoms with Gasteiger partial charge in [-0.2, -0.15) is 8.61 Å². The average Bonchev–Trinajstić information content (AvgIpc) is 1.60. The minimum Gasteiger partial charge on any atom is -0.482 e. The summed E-state index contributed by atoms with van der Waals surface area (Å²) >= 11 is 3.21. The van der Waals surface area contributed by atoms with Gasteiger partial charge < -0.3 is 49.3 Å². The summed E-state index contributed by atoms with van der Waals surface area (Å²) in [6.07, 6.45) is 6.13. The number of anilines is 2. The first-order chi connectivity index (χ1) is 46.0. The van der Waals surface area contributed by atoms with Crippen LogP contribution in [0.5, 0.6) is 11.8 Å². The van der Waals surface area contributed by atoms with Crippen molar-refractivity contribution in [3.8, 4) is 55.4 Å². The molecule has 508 valence electrons. The Morgan fingerprint density at radius 1 is 0.531 bits per heavy atom. The highest BCUT2D eigenvalue weighted by atomic mass is 35.7. The third-order valence-electron chi connectivity index (χ3n) is 16.4. The highest BCUT2D eigenvalue weighted by molar-refractivity contribution is 8.13. The number of carbonyl (C=O) groups excluding carboxylic acids is 2. The second kappa shape index (κ2) is 31.2. The SMILES string of the molecule is C1CCOCC1.COc1[nH]c(C)c(S(=O)(=O)Cl)c1C.COc1[nH]c(C)c(S(=O)(=O)N2CCOCC2)c1C.Cc1[nH]c(/C=C2\C(=O)Nc3ccc(-c4csc(-c5ccccc5)n4)cc32)c(C)c1S(=O)(=O)N1CCOCC1.O=C1Cc2cc(-c3csc(-c4ccccc4)n3)ccc2N1. The van der Waals surface area contributed by atoms with Gasteiger partial charge in [0.25, 0.3) is 15.0 Å². The van der Waals surface area contributed by atoms with E-state index < -0.39 is 29.1 Å². The lowest BCUT2D eigenvalue weighted by molar-refractivity contribution is -0.115. The number of fused-ring (bicyclic) bond motifs is 2. The number of H-pyrrole nitrogens is 3. The third-order valence-corrected chi connectivity index (χ3v) is 24.1. The molecule has 14 rings (SSSR count). The van der Waals surface area contributed by atoms with Crippen molar-refractivity contribution in [2.75, 3.05) is 90.7 Å². The van der Waals surface area contributed by atoms with Crippen LogP contribution in [0.4, 0.5) is 11.4 Å². The lowest BCUT2D eigenvalue weighted by Crippen LogP contribution is -2.40. The van der Waals surface area contributed by atoms with Crippen molar-refractivity contribution < 1.29 is 58.5 Å². The van der Waals surface area contributed by atoms with E-state index in [1.165, 1.54) is 42.1 Å². The number of sulfonamides is 2. The van der Waals surface area contributed by atoms with Crippen molar-refractivity contribution in [1.29, 1.82) is 0 Å². The first-order valence-electron chi connectivity index (χ1n) is 30.9. The van der Waals surface area contributed by atoms with Gasteiger partial charge in [-0.3, -0.25) is 9.59 Å². The third kappa shape index (κ3) is 16.3. The molecule has 4 aromatic carbocycles. The molecule has 2 amide bonds. The van der Waals surface area contributed by atoms with Crippen LogP contribution >= 0.6 is 33.4 Å². The number of aromatic amines is 3. The number of rotatable bonds is 12. The van der Waals surface area contributed by atoms with Crippen LogP contribution in [0.3, 0.4) is 0 Å². The van der Waals surface area contributed by atoms with Gasteiger partial charge in [0.15, 0.2) is 11.8 Å². The summed E-state index contributed by atoms with van der Waals surface area (Å²) in [5, 5.41) is 11.8. The normalized spacial score (nSPS) is 16.1. The zero-order valence-corrected chi connectivity index (χ0v) is 59.2. The molecule has 0 spiro atoms. The van der Waals surface area contributed by atoms with E-state index in [4.69, 9.17) is 44.3 Å². The number of aryl methyl sites for hydroxylation is 3. The number of aromatic nitrogens is 5. The number of carbonyl (C=O) groups is 2. The van der Waals surface area contributed by atoms with Crippen LogP contribution in [0, 0.1) is 41.5 Å². The Labute approximate surface area is 571 Å². The summed E-state index contributed by atoms with van der Waals surface area (Å²) in [6.45, 7) is 15.4. The molecule has 0 bridgehead atoms. The van der Waals surface area contributed by atoms with Crippen LogP contribution in [0.25, 0.3) is 55.3 Å². The van der Waals surface area contributed by atoms with E-state index >= 15 is 0 Å². The number of benzene rings is 4. The molecule has 0 saturated carbocycles. The molecule has 0 radical (unpaired) electrons. The van der Waals surface area contributed by atoms with Crippen molar-refractivity contribution in [1.82, 2.24) is 33.5 Å². The number of hydrogen-bond acceptors (Lipinski definition) is 17. The molecule has 3 saturated heterocycles. The molecule has 5 aromatic heterocycles. The summed E-state index contributed by atoms with van der Waals surface area (Å²) in [4.78, 5) is 43.5. The number of halogens is 1. The van der Waals surface area contributed by atoms with Gasteiger partial charge in [-0.25, -0.2) is 35.2 Å². The number of thiazole rings is 2. The van der Waals surface area contributed by atoms with Crippen molar-refractivity contribution in [2.24, 2.45) is 0 Å². The van der Waals surface area contributed by atoms with Crippen molar-refractivity contribution in [3.63, 3.8) is 0 Å². The monoisotopic (exact) mass is 1420 g/mol. The maximum atomic E-state index is 13.4. The molecule has 10 heterocycles. The quantitative estimate of drug-likeness (QED) is 0.0561. The maximum absolute atomic E-state index is 13.4. The first-order valence-corrected chi connectivity index (χ1v) is 37.9. The molecule has 5 N–H and O–H groups in total. The standard InChI is InChI=1S/C28H26N4O4S2.C17H12N2OS.C11H18N2O4S.C7H10ClNO3S.C5H10O/c1-17-24(29-18(2)26(17)38(34,35)32-10-12-36-13-11-32)15-22-21-14-20(8-9-23(21)30-27(22)33)25-16-37-28(31-25)19-6-4-3-5-7-19;20-16-9-13-8-12(6-7-14(13)18-16)15-10-21-17(19-15)11-4-2-1-3-5-11;1-8-10(9(2)12-11(8)16-3)18(14,15)13-4-6-17-7-5-13;1-4-6(13(8,10)11)5(2)9-7(4)12-3;1-2-4-6-5-3-1/h3-9,14-16,29H,10-13H2,1-2H3,(H,30,33);1-8,10H,9H2,(H,18,20);12H,4-7H2,1-3H3;9H,1-3H3;1-5H2/b22-15-;;;;. The number of nitrogens with zero attached hydrogens (tertiary/aromatic N) is 4. The molecule has 0 aliphatic carbocycles. The van der Waals surface area contributed by atoms with Gasteiger partial charge in [-0.05, 0) is 102 Å². The van der Waals surface area contributed by atoms with E-state index in [-0.39, 0.29) is 21.6 Å². The Bertz CT molecular complexity index is 4630. The molecule has 9 aromatic rings. The molecule has 0 unspecified atom stereocenters. The lowest BCUT2D eigenvalue weighted by atomic mass is 10.0. The van der Waals surface area contributed by atoms with E-state index in [0.717, 1.165) is 73.7 Å². The summed E-state index contributed by atoms with van der Waals surface area (Å²) < 4.78 is 103. The van der Waals surface area contributed by atoms with Crippen molar-refractivity contribution in [2.45, 2.75) is 81.9 Å². The predicted octanol–water partition coefficient (Wildman–Crippen LogP) is 12.3. The molecule has 22 nitrogen and oxygen atoms in total. The van der Waals surface area contributed by atoms with Crippen molar-refractivity contribution >= 4 is 97.3 Å². The number of amides is 2. The Kier molecular flexibility index (Phi) is 23.0. The smallest absolute Gasteiger partial charge is 0.263 e. The molecular weight excluding hydrogens is 1350 g/mol. The second-order valence-corrected chi connectivity index (χ2v) is 30.9. The molecule has 96 heavy (non-hydrogen) atoms. The van der Waals surface area contributed by atoms with Crippen LogP contribution in [0.15, 0.2) is 123 Å². The Morgan fingerprint density at radius 3 is 1.45 bits per heavy atom. The first kappa shape index (κ1) is 71.0. The Morgan fingerprint density at radius 2 is 0.990 bits per heavy atom. The second-order valence-electron chi connectivity index (χ2n) is 22.9. The zero-order valence-electron chi connectivity index (χ0n) is 54.4. The molecule has 5 aliphatic rings. The average molecular weight is 1420 g/mol. The van der Waals surface area contributed by atoms with Crippen LogP contribution in [-0.4, -0.2) is 151 Å². The fourth-order valence-corrected chi connectivity index (χ4v) is 18.5. The van der Waals surface area contributed by atoms with Crippen LogP contribution in [0.1, 0.15) is 69.9 Å². The maximum Gasteiger partial charge on any atom is 0.263 e. The topological polar surface area (TPSA) is 286 Å². The fourth-order valence-electron chi connectivity index (χ4n) is 11.6. The zero-order chi connectivity index (χ0) is 68.5. The minimum absolute atomic E-state index is 0.0606. The van der Waals surface area contributed by atoms with E-state index in [9.17, 15) is 34.8 Å². The number of methoxy groups -OCH3 is 2. The highest BCUT2D eigenvalue weighted by Crippen LogP contribution is 2.40. The van der Waals surface area contributed by atoms with Gasteiger partial charge in [0.05, 0.1) is 64.0 Å². The number of ether oxygens (including phenoxy) is 5. The van der Waals surface area contributed by atoms with E-state index in [1.54, 1.807) is 70.3 Å². The summed E-state index contributed by atoms with van der Waals surface area (Å²) in [7, 11) is -2.64. The predicted molar refractivity (Wildman–Crippen MR) is 376 cm³/mol. The summed E-state index contributed by atoms with van der Waals surface area (Å²) in [5.74, 6) is 0.756. The lowest BCUT2D eigenvalue weighted by Gasteiger charge is -2.26. The van der Waals surface area contributed by atoms with Crippen LogP contribution < -0.4 is 20.1 Å². The fraction of sp³-hybridized carbons (Fsp3) is 0.324. The van der Waals surface area contributed by atoms with Gasteiger partial charge in [0.1, 0.15) is 24.7 Å². The van der Waals surface area contributed by atoms with E-state index in [0.29, 0.717) is 126 Å². The molecule has 3 fully saturated rings. The van der Waals surface area contributed by atoms with Gasteiger partial charge in [-0.15, -0.1) is 22.7 Å².